The molecule has 108 valence electrons. The predicted molar refractivity (Wildman–Crippen MR) is 61.2 cm³/mol. The maximum atomic E-state index is 12.2. The molecule has 0 spiro atoms. The van der Waals surface area contributed by atoms with Gasteiger partial charge in [-0.1, -0.05) is 6.92 Å². The number of hydrogen-bond donors (Lipinski definition) is 2. The summed E-state index contributed by atoms with van der Waals surface area (Å²) in [4.78, 5) is 3.37. The molecule has 0 radical (unpaired) electrons. The Morgan fingerprint density at radius 3 is 1.61 bits per heavy atom. The lowest BCUT2D eigenvalue weighted by atomic mass is 9.92. The van der Waals surface area contributed by atoms with E-state index in [4.69, 9.17) is 0 Å². The van der Waals surface area contributed by atoms with Crippen molar-refractivity contribution >= 4 is 0 Å². The fraction of sp³-hybridized carbons (Fsp3) is 1.00. The van der Waals surface area contributed by atoms with Gasteiger partial charge in [-0.3, -0.25) is 4.90 Å². The van der Waals surface area contributed by atoms with Crippen molar-refractivity contribution in [2.75, 3.05) is 52.5 Å². The topological polar surface area (TPSA) is 46.9 Å². The van der Waals surface area contributed by atoms with Crippen LogP contribution < -0.4 is 0 Å². The van der Waals surface area contributed by atoms with Crippen molar-refractivity contribution in [2.45, 2.75) is 13.1 Å². The second-order valence-electron chi connectivity index (χ2n) is 5.29. The first-order valence-electron chi connectivity index (χ1n) is 6.01. The lowest BCUT2D eigenvalue weighted by Gasteiger charge is -2.39. The Kier molecular flexibility index (Phi) is 5.39. The Morgan fingerprint density at radius 1 is 0.889 bits per heavy atom. The summed E-state index contributed by atoms with van der Waals surface area (Å²) in [6.07, 6.45) is -4.15. The lowest BCUT2D eigenvalue weighted by molar-refractivity contribution is -0.149. The summed E-state index contributed by atoms with van der Waals surface area (Å²) in [7, 11) is 0. The molecule has 1 aliphatic heterocycles. The number of aliphatic hydroxyl groups is 2. The lowest BCUT2D eigenvalue weighted by Crippen LogP contribution is -2.52. The highest BCUT2D eigenvalue weighted by molar-refractivity contribution is 4.81. The van der Waals surface area contributed by atoms with Crippen LogP contribution in [0.3, 0.4) is 0 Å². The zero-order valence-corrected chi connectivity index (χ0v) is 10.6. The van der Waals surface area contributed by atoms with Crippen LogP contribution in [0.2, 0.25) is 0 Å². The first kappa shape index (κ1) is 15.7. The van der Waals surface area contributed by atoms with Crippen LogP contribution in [0.1, 0.15) is 6.92 Å². The molecule has 0 bridgehead atoms. The Balaban J connectivity index is 2.35. The van der Waals surface area contributed by atoms with E-state index in [1.54, 1.807) is 6.92 Å². The van der Waals surface area contributed by atoms with Gasteiger partial charge in [0, 0.05) is 38.1 Å². The molecule has 0 atom stereocenters. The number of aliphatic hydroxyl groups excluding tert-OH is 2. The number of piperazine rings is 1. The second kappa shape index (κ2) is 6.18. The third-order valence-electron chi connectivity index (χ3n) is 3.24. The zero-order chi connectivity index (χ0) is 13.8. The second-order valence-corrected chi connectivity index (χ2v) is 5.29. The molecule has 0 aromatic carbocycles. The number of alkyl halides is 3. The van der Waals surface area contributed by atoms with Crippen LogP contribution in [-0.2, 0) is 0 Å². The highest BCUT2D eigenvalue weighted by atomic mass is 19.4. The average molecular weight is 270 g/mol. The van der Waals surface area contributed by atoms with Crippen molar-refractivity contribution in [3.8, 4) is 0 Å². The molecular weight excluding hydrogens is 249 g/mol. The number of rotatable bonds is 5. The third-order valence-corrected chi connectivity index (χ3v) is 3.24. The van der Waals surface area contributed by atoms with E-state index in [0.29, 0.717) is 32.7 Å². The Morgan fingerprint density at radius 2 is 1.28 bits per heavy atom. The molecule has 1 aliphatic rings. The van der Waals surface area contributed by atoms with Gasteiger partial charge < -0.3 is 15.1 Å². The van der Waals surface area contributed by atoms with Crippen molar-refractivity contribution < 1.29 is 23.4 Å². The summed E-state index contributed by atoms with van der Waals surface area (Å²) in [5.41, 5.74) is -0.591. The van der Waals surface area contributed by atoms with E-state index in [1.807, 2.05) is 4.90 Å². The molecule has 1 heterocycles. The molecule has 0 unspecified atom stereocenters. The molecule has 18 heavy (non-hydrogen) atoms. The Labute approximate surface area is 105 Å². The number of hydrogen-bond acceptors (Lipinski definition) is 4. The van der Waals surface area contributed by atoms with E-state index in [0.717, 1.165) is 0 Å². The van der Waals surface area contributed by atoms with Crippen LogP contribution in [0.4, 0.5) is 13.2 Å². The van der Waals surface area contributed by atoms with Gasteiger partial charge in [0.1, 0.15) is 0 Å². The number of nitrogens with zero attached hydrogens (tertiary/aromatic N) is 2. The van der Waals surface area contributed by atoms with Crippen LogP contribution in [0.25, 0.3) is 0 Å². The molecular formula is C11H21F3N2O2. The van der Waals surface area contributed by atoms with Crippen LogP contribution in [0, 0.1) is 5.41 Å². The Hall–Kier alpha value is -0.370. The number of halogens is 3. The van der Waals surface area contributed by atoms with E-state index in [1.165, 1.54) is 4.90 Å². The average Bonchev–Trinajstić information content (AvgIpc) is 2.30. The summed E-state index contributed by atoms with van der Waals surface area (Å²) in [5.74, 6) is 0. The maximum absolute atomic E-state index is 12.2. The molecule has 4 nitrogen and oxygen atoms in total. The van der Waals surface area contributed by atoms with Crippen molar-refractivity contribution in [3.05, 3.63) is 0 Å². The van der Waals surface area contributed by atoms with Crippen LogP contribution in [0.5, 0.6) is 0 Å². The quantitative estimate of drug-likeness (QED) is 0.747. The monoisotopic (exact) mass is 270 g/mol. The van der Waals surface area contributed by atoms with Gasteiger partial charge in [-0.05, 0) is 0 Å². The fourth-order valence-corrected chi connectivity index (χ4v) is 2.05. The zero-order valence-electron chi connectivity index (χ0n) is 10.6. The third kappa shape index (κ3) is 5.09. The molecule has 0 aromatic heterocycles. The molecule has 0 saturated carbocycles. The van der Waals surface area contributed by atoms with E-state index < -0.39 is 18.1 Å². The minimum atomic E-state index is -4.15. The van der Waals surface area contributed by atoms with Crippen LogP contribution in [-0.4, -0.2) is 78.7 Å². The van der Waals surface area contributed by atoms with Crippen LogP contribution in [0.15, 0.2) is 0 Å². The minimum absolute atomic E-state index is 0.133. The molecule has 7 heteroatoms. The minimum Gasteiger partial charge on any atom is -0.396 e. The van der Waals surface area contributed by atoms with E-state index >= 15 is 0 Å². The van der Waals surface area contributed by atoms with E-state index in [-0.39, 0.29) is 13.2 Å². The SMILES string of the molecule is CC(CO)(CO)CN1CCN(CC(F)(F)F)CC1. The smallest absolute Gasteiger partial charge is 0.396 e. The molecule has 0 aromatic rings. The highest BCUT2D eigenvalue weighted by Gasteiger charge is 2.33. The van der Waals surface area contributed by atoms with Crippen molar-refractivity contribution in [2.24, 2.45) is 5.41 Å². The van der Waals surface area contributed by atoms with Crippen molar-refractivity contribution in [1.82, 2.24) is 9.80 Å². The molecule has 1 fully saturated rings. The molecule has 2 N–H and O–H groups in total. The first-order valence-corrected chi connectivity index (χ1v) is 6.01. The molecule has 1 rings (SSSR count). The fourth-order valence-electron chi connectivity index (χ4n) is 2.05. The van der Waals surface area contributed by atoms with Gasteiger partial charge in [0.15, 0.2) is 0 Å². The molecule has 0 amide bonds. The molecule has 1 saturated heterocycles. The van der Waals surface area contributed by atoms with Crippen LogP contribution >= 0.6 is 0 Å². The summed E-state index contributed by atoms with van der Waals surface area (Å²) < 4.78 is 36.6. The highest BCUT2D eigenvalue weighted by Crippen LogP contribution is 2.20. The van der Waals surface area contributed by atoms with Crippen molar-refractivity contribution in [1.29, 1.82) is 0 Å². The van der Waals surface area contributed by atoms with E-state index in [9.17, 15) is 23.4 Å². The van der Waals surface area contributed by atoms with Gasteiger partial charge in [-0.25, -0.2) is 0 Å². The summed E-state index contributed by atoms with van der Waals surface area (Å²) >= 11 is 0. The predicted octanol–water partition coefficient (Wildman–Crippen LogP) is 0.157. The summed E-state index contributed by atoms with van der Waals surface area (Å²) in [5, 5.41) is 18.3. The van der Waals surface area contributed by atoms with Gasteiger partial charge in [0.2, 0.25) is 0 Å². The van der Waals surface area contributed by atoms with Gasteiger partial charge in [-0.15, -0.1) is 0 Å². The normalized spacial score (nSPS) is 20.3. The molecule has 0 aliphatic carbocycles. The van der Waals surface area contributed by atoms with Gasteiger partial charge in [0.25, 0.3) is 0 Å². The summed E-state index contributed by atoms with van der Waals surface area (Å²) in [6.45, 7) is 2.93. The maximum Gasteiger partial charge on any atom is 0.401 e. The Bertz CT molecular complexity index is 249. The van der Waals surface area contributed by atoms with Gasteiger partial charge >= 0.3 is 6.18 Å². The van der Waals surface area contributed by atoms with Crippen molar-refractivity contribution in [3.63, 3.8) is 0 Å². The summed E-state index contributed by atoms with van der Waals surface area (Å²) in [6, 6.07) is 0. The van der Waals surface area contributed by atoms with E-state index in [2.05, 4.69) is 0 Å². The largest absolute Gasteiger partial charge is 0.401 e. The standard InChI is InChI=1S/C11H21F3N2O2/c1-10(8-17,9-18)6-15-2-4-16(5-3-15)7-11(12,13)14/h17-18H,2-9H2,1H3. The van der Waals surface area contributed by atoms with Gasteiger partial charge in [0.05, 0.1) is 19.8 Å². The van der Waals surface area contributed by atoms with Gasteiger partial charge in [-0.2, -0.15) is 13.2 Å². The first-order chi connectivity index (χ1) is 8.28.